The number of carboxylic acids is 1. The lowest BCUT2D eigenvalue weighted by Gasteiger charge is -2.15. The summed E-state index contributed by atoms with van der Waals surface area (Å²) in [6, 6.07) is 1.13. The Morgan fingerprint density at radius 1 is 1.80 bits per heavy atom. The Kier molecular flexibility index (Phi) is 3.44. The van der Waals surface area contributed by atoms with Crippen molar-refractivity contribution < 1.29 is 9.90 Å². The number of hydrogen-bond acceptors (Lipinski definition) is 3. The summed E-state index contributed by atoms with van der Waals surface area (Å²) in [4.78, 5) is 11.8. The minimum atomic E-state index is -0.952. The second-order valence-electron chi connectivity index (χ2n) is 2.18. The van der Waals surface area contributed by atoms with Crippen molar-refractivity contribution in [3.63, 3.8) is 0 Å². The first-order valence-corrected chi connectivity index (χ1v) is 2.85. The number of nitrogens with zero attached hydrogens (tertiary/aromatic N) is 2. The van der Waals surface area contributed by atoms with Crippen LogP contribution in [0.1, 0.15) is 6.42 Å². The fourth-order valence-electron chi connectivity index (χ4n) is 0.577. The maximum Gasteiger partial charge on any atom is 0.321 e. The average molecular weight is 142 g/mol. The molecule has 0 aliphatic carbocycles. The molecule has 0 amide bonds. The van der Waals surface area contributed by atoms with Crippen LogP contribution in [0.4, 0.5) is 0 Å². The van der Waals surface area contributed by atoms with Gasteiger partial charge in [-0.05, 0) is 14.1 Å². The van der Waals surface area contributed by atoms with Crippen LogP contribution < -0.4 is 0 Å². The molecule has 0 fully saturated rings. The summed E-state index contributed by atoms with van der Waals surface area (Å²) in [5, 5.41) is 16.7. The molecule has 0 aromatic heterocycles. The Labute approximate surface area is 59.7 Å². The Morgan fingerprint density at radius 2 is 2.30 bits per heavy atom. The van der Waals surface area contributed by atoms with Crippen LogP contribution in [0.15, 0.2) is 0 Å². The van der Waals surface area contributed by atoms with Crippen molar-refractivity contribution >= 4 is 5.97 Å². The number of rotatable bonds is 3. The highest BCUT2D eigenvalue weighted by Gasteiger charge is 2.18. The number of aliphatic carboxylic acids is 1. The number of nitriles is 1. The maximum atomic E-state index is 10.3. The molecular formula is C6H10N2O2. The van der Waals surface area contributed by atoms with E-state index in [0.29, 0.717) is 0 Å². The third-order valence-electron chi connectivity index (χ3n) is 1.19. The Hall–Kier alpha value is -1.08. The molecular weight excluding hydrogens is 132 g/mol. The van der Waals surface area contributed by atoms with Gasteiger partial charge in [-0.3, -0.25) is 9.69 Å². The van der Waals surface area contributed by atoms with Crippen molar-refractivity contribution in [1.29, 1.82) is 5.26 Å². The highest BCUT2D eigenvalue weighted by molar-refractivity contribution is 5.73. The third kappa shape index (κ3) is 2.46. The van der Waals surface area contributed by atoms with E-state index in [1.165, 1.54) is 4.90 Å². The van der Waals surface area contributed by atoms with Crippen molar-refractivity contribution in [3.05, 3.63) is 0 Å². The molecule has 1 atom stereocenters. The lowest BCUT2D eigenvalue weighted by molar-refractivity contribution is -0.142. The van der Waals surface area contributed by atoms with Gasteiger partial charge in [-0.25, -0.2) is 0 Å². The predicted octanol–water partition coefficient (Wildman–Crippen LogP) is -0.0851. The van der Waals surface area contributed by atoms with Crippen LogP contribution in [0.3, 0.4) is 0 Å². The highest BCUT2D eigenvalue weighted by Crippen LogP contribution is 1.97. The molecule has 0 saturated heterocycles. The molecule has 0 aliphatic heterocycles. The topological polar surface area (TPSA) is 64.3 Å². The molecule has 0 saturated carbocycles. The normalized spacial score (nSPS) is 12.6. The van der Waals surface area contributed by atoms with Crippen molar-refractivity contribution in [2.45, 2.75) is 12.5 Å². The van der Waals surface area contributed by atoms with Gasteiger partial charge in [0, 0.05) is 0 Å². The summed E-state index contributed by atoms with van der Waals surface area (Å²) < 4.78 is 0. The van der Waals surface area contributed by atoms with E-state index in [0.717, 1.165) is 0 Å². The first-order chi connectivity index (χ1) is 4.59. The molecule has 0 radical (unpaired) electrons. The summed E-state index contributed by atoms with van der Waals surface area (Å²) in [7, 11) is 3.27. The molecule has 4 heteroatoms. The average Bonchev–Trinajstić information content (AvgIpc) is 1.81. The summed E-state index contributed by atoms with van der Waals surface area (Å²) in [6.45, 7) is 0. The quantitative estimate of drug-likeness (QED) is 0.598. The molecule has 0 aromatic carbocycles. The molecule has 1 N–H and O–H groups in total. The van der Waals surface area contributed by atoms with E-state index < -0.39 is 12.0 Å². The van der Waals surface area contributed by atoms with Crippen LogP contribution in [-0.2, 0) is 4.79 Å². The molecule has 0 bridgehead atoms. The lowest BCUT2D eigenvalue weighted by Crippen LogP contribution is -2.35. The van der Waals surface area contributed by atoms with E-state index >= 15 is 0 Å². The van der Waals surface area contributed by atoms with Crippen molar-refractivity contribution in [3.8, 4) is 6.07 Å². The number of hydrogen-bond donors (Lipinski definition) is 1. The minimum absolute atomic E-state index is 0.0301. The van der Waals surface area contributed by atoms with Gasteiger partial charge < -0.3 is 5.11 Å². The third-order valence-corrected chi connectivity index (χ3v) is 1.19. The molecule has 10 heavy (non-hydrogen) atoms. The zero-order valence-electron chi connectivity index (χ0n) is 6.03. The first kappa shape index (κ1) is 8.92. The second kappa shape index (κ2) is 3.85. The fourth-order valence-corrected chi connectivity index (χ4v) is 0.577. The molecule has 1 unspecified atom stereocenters. The van der Waals surface area contributed by atoms with Crippen LogP contribution in [0.5, 0.6) is 0 Å². The van der Waals surface area contributed by atoms with E-state index in [4.69, 9.17) is 10.4 Å². The van der Waals surface area contributed by atoms with Crippen LogP contribution in [0.25, 0.3) is 0 Å². The standard InChI is InChI=1S/C6H10N2O2/c1-8(2)5(3-4-7)6(9)10/h5H,3H2,1-2H3,(H,9,10). The molecule has 0 aliphatic rings. The lowest BCUT2D eigenvalue weighted by atomic mass is 10.2. The number of carbonyl (C=O) groups is 1. The van der Waals surface area contributed by atoms with Crippen molar-refractivity contribution in [1.82, 2.24) is 4.90 Å². The fraction of sp³-hybridized carbons (Fsp3) is 0.667. The smallest absolute Gasteiger partial charge is 0.321 e. The highest BCUT2D eigenvalue weighted by atomic mass is 16.4. The van der Waals surface area contributed by atoms with Gasteiger partial charge in [-0.15, -0.1) is 0 Å². The first-order valence-electron chi connectivity index (χ1n) is 2.85. The predicted molar refractivity (Wildman–Crippen MR) is 35.3 cm³/mol. The largest absolute Gasteiger partial charge is 0.480 e. The van der Waals surface area contributed by atoms with E-state index in [1.807, 2.05) is 6.07 Å². The monoisotopic (exact) mass is 142 g/mol. The van der Waals surface area contributed by atoms with Crippen molar-refractivity contribution in [2.24, 2.45) is 0 Å². The van der Waals surface area contributed by atoms with Crippen LogP contribution in [-0.4, -0.2) is 36.1 Å². The Morgan fingerprint density at radius 3 is 2.40 bits per heavy atom. The van der Waals surface area contributed by atoms with Crippen LogP contribution in [0.2, 0.25) is 0 Å². The van der Waals surface area contributed by atoms with Gasteiger partial charge in [0.15, 0.2) is 0 Å². The molecule has 0 rings (SSSR count). The van der Waals surface area contributed by atoms with E-state index in [-0.39, 0.29) is 6.42 Å². The van der Waals surface area contributed by atoms with Gasteiger partial charge in [0.25, 0.3) is 0 Å². The summed E-state index contributed by atoms with van der Waals surface area (Å²) >= 11 is 0. The SMILES string of the molecule is CN(C)C(CC#N)C(=O)O. The van der Waals surface area contributed by atoms with Gasteiger partial charge in [0.2, 0.25) is 0 Å². The van der Waals surface area contributed by atoms with Crippen LogP contribution >= 0.6 is 0 Å². The van der Waals surface area contributed by atoms with Gasteiger partial charge in [-0.1, -0.05) is 0 Å². The van der Waals surface area contributed by atoms with E-state index in [9.17, 15) is 4.79 Å². The van der Waals surface area contributed by atoms with Crippen molar-refractivity contribution in [2.75, 3.05) is 14.1 Å². The minimum Gasteiger partial charge on any atom is -0.480 e. The number of likely N-dealkylation sites (N-methyl/N-ethyl adjacent to an activating group) is 1. The van der Waals surface area contributed by atoms with Gasteiger partial charge in [0.05, 0.1) is 12.5 Å². The summed E-state index contributed by atoms with van der Waals surface area (Å²) in [5.74, 6) is -0.952. The van der Waals surface area contributed by atoms with Crippen LogP contribution in [0, 0.1) is 11.3 Å². The Balaban J connectivity index is 4.01. The second-order valence-corrected chi connectivity index (χ2v) is 2.18. The molecule has 0 heterocycles. The van der Waals surface area contributed by atoms with Gasteiger partial charge in [0.1, 0.15) is 6.04 Å². The molecule has 4 nitrogen and oxygen atoms in total. The Bertz CT molecular complexity index is 160. The van der Waals surface area contributed by atoms with E-state index in [1.54, 1.807) is 14.1 Å². The summed E-state index contributed by atoms with van der Waals surface area (Å²) in [6.07, 6.45) is 0.0301. The number of carboxylic acid groups (broad SMARTS) is 1. The zero-order chi connectivity index (χ0) is 8.15. The van der Waals surface area contributed by atoms with E-state index in [2.05, 4.69) is 0 Å². The maximum absolute atomic E-state index is 10.3. The van der Waals surface area contributed by atoms with Gasteiger partial charge in [-0.2, -0.15) is 5.26 Å². The zero-order valence-corrected chi connectivity index (χ0v) is 6.03. The molecule has 0 spiro atoms. The summed E-state index contributed by atoms with van der Waals surface area (Å²) in [5.41, 5.74) is 0. The molecule has 56 valence electrons. The molecule has 0 aromatic rings. The van der Waals surface area contributed by atoms with Gasteiger partial charge >= 0.3 is 5.97 Å².